The first-order valence-corrected chi connectivity index (χ1v) is 9.31. The van der Waals surface area contributed by atoms with Gasteiger partial charge in [-0.2, -0.15) is 0 Å². The van der Waals surface area contributed by atoms with Crippen molar-refractivity contribution in [2.45, 2.75) is 26.3 Å². The summed E-state index contributed by atoms with van der Waals surface area (Å²) >= 11 is 1.60. The fourth-order valence-electron chi connectivity index (χ4n) is 2.57. The van der Waals surface area contributed by atoms with E-state index < -0.39 is 0 Å². The summed E-state index contributed by atoms with van der Waals surface area (Å²) in [5.41, 5.74) is 1.60. The molecular formula is C20H18N6S. The summed E-state index contributed by atoms with van der Waals surface area (Å²) in [4.78, 5) is 19.2. The number of fused-ring (bicyclic) bond motifs is 1. The first-order valence-electron chi connectivity index (χ1n) is 8.49. The number of hydrogen-bond donors (Lipinski definition) is 1. The predicted molar refractivity (Wildman–Crippen MR) is 108 cm³/mol. The van der Waals surface area contributed by atoms with Crippen LogP contribution in [0.4, 0.5) is 5.82 Å². The normalized spacial score (nSPS) is 11.2. The summed E-state index contributed by atoms with van der Waals surface area (Å²) in [5, 5.41) is 3.56. The van der Waals surface area contributed by atoms with Crippen molar-refractivity contribution in [2.24, 2.45) is 0 Å². The molecule has 0 radical (unpaired) electrons. The average molecular weight is 374 g/mol. The van der Waals surface area contributed by atoms with Crippen LogP contribution in [0.1, 0.15) is 31.5 Å². The zero-order valence-corrected chi connectivity index (χ0v) is 16.1. The lowest BCUT2D eigenvalue weighted by atomic mass is 10.1. The monoisotopic (exact) mass is 374 g/mol. The molecule has 27 heavy (non-hydrogen) atoms. The van der Waals surface area contributed by atoms with Crippen LogP contribution in [0.2, 0.25) is 0 Å². The van der Waals surface area contributed by atoms with Crippen LogP contribution in [-0.4, -0.2) is 29.9 Å². The quantitative estimate of drug-likeness (QED) is 0.540. The first kappa shape index (κ1) is 17.2. The molecule has 0 spiro atoms. The average Bonchev–Trinajstić information content (AvgIpc) is 3.25. The van der Waals surface area contributed by atoms with E-state index in [1.807, 2.05) is 22.7 Å². The SMILES string of the molecule is CC(C)(C)Nc1c(-c2ccc(C#Cc3ncccn3)s2)nc2cnccn12. The molecule has 0 aromatic carbocycles. The second-order valence-electron chi connectivity index (χ2n) is 6.97. The molecule has 0 aliphatic heterocycles. The fraction of sp³-hybridized carbons (Fsp3) is 0.200. The van der Waals surface area contributed by atoms with Gasteiger partial charge < -0.3 is 5.32 Å². The Bertz CT molecular complexity index is 1140. The van der Waals surface area contributed by atoms with Crippen LogP contribution < -0.4 is 5.32 Å². The number of rotatable bonds is 2. The molecule has 0 aliphatic rings. The van der Waals surface area contributed by atoms with E-state index in [9.17, 15) is 0 Å². The van der Waals surface area contributed by atoms with E-state index in [-0.39, 0.29) is 5.54 Å². The molecule has 4 heterocycles. The second-order valence-corrected chi connectivity index (χ2v) is 8.06. The molecule has 0 fully saturated rings. The van der Waals surface area contributed by atoms with Crippen LogP contribution in [0.3, 0.4) is 0 Å². The maximum atomic E-state index is 4.77. The van der Waals surface area contributed by atoms with Crippen molar-refractivity contribution in [3.05, 3.63) is 59.9 Å². The second kappa shape index (κ2) is 6.82. The first-order chi connectivity index (χ1) is 13.0. The Hall–Kier alpha value is -3.24. The van der Waals surface area contributed by atoms with Gasteiger partial charge in [-0.15, -0.1) is 11.3 Å². The Morgan fingerprint density at radius 2 is 1.89 bits per heavy atom. The summed E-state index contributed by atoms with van der Waals surface area (Å²) in [6, 6.07) is 5.82. The molecule has 0 amide bonds. The number of nitrogens with one attached hydrogen (secondary N) is 1. The van der Waals surface area contributed by atoms with Crippen LogP contribution in [0.25, 0.3) is 16.2 Å². The van der Waals surface area contributed by atoms with Crippen LogP contribution in [0, 0.1) is 11.8 Å². The number of hydrogen-bond acceptors (Lipinski definition) is 6. The molecule has 4 rings (SSSR count). The molecule has 7 heteroatoms. The van der Waals surface area contributed by atoms with Crippen LogP contribution >= 0.6 is 11.3 Å². The summed E-state index contributed by atoms with van der Waals surface area (Å²) in [6.07, 6.45) is 8.81. The van der Waals surface area contributed by atoms with Gasteiger partial charge in [0.25, 0.3) is 0 Å². The molecule has 0 saturated heterocycles. The number of thiophene rings is 1. The van der Waals surface area contributed by atoms with E-state index in [1.54, 1.807) is 42.2 Å². The number of aromatic nitrogens is 5. The van der Waals surface area contributed by atoms with Crippen molar-refractivity contribution in [1.82, 2.24) is 24.3 Å². The molecule has 1 N–H and O–H groups in total. The number of nitrogens with zero attached hydrogens (tertiary/aromatic N) is 5. The molecule has 0 saturated carbocycles. The van der Waals surface area contributed by atoms with Gasteiger partial charge in [0.1, 0.15) is 11.5 Å². The minimum absolute atomic E-state index is 0.0987. The summed E-state index contributed by atoms with van der Waals surface area (Å²) < 4.78 is 2.02. The molecule has 6 nitrogen and oxygen atoms in total. The molecule has 4 aromatic heterocycles. The zero-order valence-electron chi connectivity index (χ0n) is 15.3. The van der Waals surface area contributed by atoms with Gasteiger partial charge >= 0.3 is 0 Å². The molecule has 0 atom stereocenters. The lowest BCUT2D eigenvalue weighted by Crippen LogP contribution is -2.27. The van der Waals surface area contributed by atoms with Crippen molar-refractivity contribution >= 4 is 22.8 Å². The van der Waals surface area contributed by atoms with Crippen molar-refractivity contribution < 1.29 is 0 Å². The van der Waals surface area contributed by atoms with E-state index >= 15 is 0 Å². The van der Waals surface area contributed by atoms with Gasteiger partial charge in [0.05, 0.1) is 16.0 Å². The Balaban J connectivity index is 1.74. The van der Waals surface area contributed by atoms with Gasteiger partial charge in [0, 0.05) is 30.3 Å². The maximum Gasteiger partial charge on any atom is 0.205 e. The minimum atomic E-state index is -0.0987. The van der Waals surface area contributed by atoms with Crippen molar-refractivity contribution in [1.29, 1.82) is 0 Å². The van der Waals surface area contributed by atoms with Gasteiger partial charge in [-0.1, -0.05) is 0 Å². The van der Waals surface area contributed by atoms with Crippen molar-refractivity contribution in [3.63, 3.8) is 0 Å². The molecule has 0 bridgehead atoms. The highest BCUT2D eigenvalue weighted by molar-refractivity contribution is 7.16. The van der Waals surface area contributed by atoms with Crippen molar-refractivity contribution in [2.75, 3.05) is 5.32 Å². The third-order valence-electron chi connectivity index (χ3n) is 3.63. The Labute approximate surface area is 161 Å². The van der Waals surface area contributed by atoms with E-state index in [2.05, 4.69) is 52.9 Å². The Kier molecular flexibility index (Phi) is 4.34. The topological polar surface area (TPSA) is 68.0 Å². The maximum absolute atomic E-state index is 4.77. The lowest BCUT2D eigenvalue weighted by Gasteiger charge is -2.22. The minimum Gasteiger partial charge on any atom is -0.365 e. The summed E-state index contributed by atoms with van der Waals surface area (Å²) in [6.45, 7) is 6.38. The highest BCUT2D eigenvalue weighted by atomic mass is 32.1. The molecule has 0 aliphatic carbocycles. The molecule has 134 valence electrons. The van der Waals surface area contributed by atoms with Gasteiger partial charge in [0.15, 0.2) is 5.65 Å². The van der Waals surface area contributed by atoms with E-state index in [4.69, 9.17) is 4.98 Å². The third kappa shape index (κ3) is 3.81. The number of anilines is 1. The molecule has 4 aromatic rings. The standard InChI is InChI=1S/C20H18N6S/c1-20(2,3)25-19-18(24-17-13-21-11-12-26(17)19)15-7-5-14(27-15)6-8-16-22-9-4-10-23-16/h4-5,7,9-13,25H,1-3H3. The fourth-order valence-corrected chi connectivity index (χ4v) is 3.42. The van der Waals surface area contributed by atoms with E-state index in [0.717, 1.165) is 26.9 Å². The Morgan fingerprint density at radius 1 is 1.07 bits per heavy atom. The summed E-state index contributed by atoms with van der Waals surface area (Å²) in [5.74, 6) is 7.59. The molecular weight excluding hydrogens is 356 g/mol. The van der Waals surface area contributed by atoms with Crippen LogP contribution in [0.15, 0.2) is 49.2 Å². The summed E-state index contributed by atoms with van der Waals surface area (Å²) in [7, 11) is 0. The lowest BCUT2D eigenvalue weighted by molar-refractivity contribution is 0.629. The van der Waals surface area contributed by atoms with Gasteiger partial charge in [-0.3, -0.25) is 9.38 Å². The number of imidazole rings is 1. The van der Waals surface area contributed by atoms with Gasteiger partial charge in [-0.25, -0.2) is 15.0 Å². The van der Waals surface area contributed by atoms with Crippen LogP contribution in [-0.2, 0) is 0 Å². The predicted octanol–water partition coefficient (Wildman–Crippen LogP) is 3.86. The molecule has 0 unspecified atom stereocenters. The Morgan fingerprint density at radius 3 is 2.67 bits per heavy atom. The van der Waals surface area contributed by atoms with E-state index in [1.165, 1.54) is 0 Å². The van der Waals surface area contributed by atoms with Crippen LogP contribution in [0.5, 0.6) is 0 Å². The van der Waals surface area contributed by atoms with Crippen molar-refractivity contribution in [3.8, 4) is 22.4 Å². The van der Waals surface area contributed by atoms with Gasteiger partial charge in [0.2, 0.25) is 5.82 Å². The zero-order chi connectivity index (χ0) is 18.9. The highest BCUT2D eigenvalue weighted by Gasteiger charge is 2.20. The highest BCUT2D eigenvalue weighted by Crippen LogP contribution is 2.34. The van der Waals surface area contributed by atoms with E-state index in [0.29, 0.717) is 5.82 Å². The van der Waals surface area contributed by atoms with Gasteiger partial charge in [-0.05, 0) is 50.8 Å². The smallest absolute Gasteiger partial charge is 0.205 e. The largest absolute Gasteiger partial charge is 0.365 e. The third-order valence-corrected chi connectivity index (χ3v) is 4.63.